The number of nitrogens with two attached hydrogens (primary N) is 1. The number of pyridine rings is 1. The van der Waals surface area contributed by atoms with Crippen LogP contribution in [0.3, 0.4) is 0 Å². The van der Waals surface area contributed by atoms with E-state index in [9.17, 15) is 18.3 Å². The zero-order valence-corrected chi connectivity index (χ0v) is 8.33. The predicted molar refractivity (Wildman–Crippen MR) is 50.3 cm³/mol. The van der Waals surface area contributed by atoms with Gasteiger partial charge in [0.15, 0.2) is 0 Å². The van der Waals surface area contributed by atoms with Crippen molar-refractivity contribution < 1.29 is 18.3 Å². The van der Waals surface area contributed by atoms with E-state index < -0.39 is 17.3 Å². The predicted octanol–water partition coefficient (Wildman–Crippen LogP) is 1.41. The van der Waals surface area contributed by atoms with Gasteiger partial charge < -0.3 is 10.8 Å². The summed E-state index contributed by atoms with van der Waals surface area (Å²) in [5.74, 6) is 0. The van der Waals surface area contributed by atoms with E-state index in [0.717, 1.165) is 18.5 Å². The molecule has 0 atom stereocenters. The van der Waals surface area contributed by atoms with Crippen molar-refractivity contribution in [3.63, 3.8) is 0 Å². The lowest BCUT2D eigenvalue weighted by Gasteiger charge is -2.42. The number of hydrogen-bond acceptors (Lipinski definition) is 3. The maximum atomic E-state index is 12.7. The smallest absolute Gasteiger partial charge is 0.385 e. The Hall–Kier alpha value is -1.14. The van der Waals surface area contributed by atoms with Gasteiger partial charge in [-0.3, -0.25) is 4.98 Å². The molecule has 88 valence electrons. The first-order chi connectivity index (χ1) is 7.33. The largest absolute Gasteiger partial charge is 0.416 e. The molecule has 3 N–H and O–H groups in total. The molecule has 0 radical (unpaired) electrons. The second kappa shape index (κ2) is 3.43. The lowest BCUT2D eigenvalue weighted by atomic mass is 9.71. The van der Waals surface area contributed by atoms with Crippen molar-refractivity contribution in [2.45, 2.75) is 30.7 Å². The molecular formula is C10H11F3N2O. The number of nitrogens with zero attached hydrogens (tertiary/aromatic N) is 1. The van der Waals surface area contributed by atoms with Crippen LogP contribution in [0.1, 0.15) is 24.0 Å². The van der Waals surface area contributed by atoms with Crippen molar-refractivity contribution in [2.75, 3.05) is 0 Å². The first kappa shape index (κ1) is 11.3. The quantitative estimate of drug-likeness (QED) is 0.769. The average Bonchev–Trinajstić information content (AvgIpc) is 2.14. The van der Waals surface area contributed by atoms with Gasteiger partial charge in [-0.05, 0) is 18.9 Å². The second-order valence-electron chi connectivity index (χ2n) is 4.12. The Labute approximate surface area is 90.1 Å². The molecule has 1 aromatic heterocycles. The third-order valence-corrected chi connectivity index (χ3v) is 2.83. The standard InChI is InChI=1S/C10H11F3N2O/c11-10(12,13)7-1-2-15-5-8(7)9(16)3-6(14)4-9/h1-2,5-6,16H,3-4,14H2. The van der Waals surface area contributed by atoms with Crippen molar-refractivity contribution in [3.8, 4) is 0 Å². The second-order valence-corrected chi connectivity index (χ2v) is 4.12. The molecule has 1 fully saturated rings. The molecule has 1 heterocycles. The van der Waals surface area contributed by atoms with Gasteiger partial charge in [0.05, 0.1) is 11.2 Å². The summed E-state index contributed by atoms with van der Waals surface area (Å²) >= 11 is 0. The van der Waals surface area contributed by atoms with Gasteiger partial charge in [0.25, 0.3) is 0 Å². The fourth-order valence-electron chi connectivity index (χ4n) is 2.04. The third-order valence-electron chi connectivity index (χ3n) is 2.83. The normalized spacial score (nSPS) is 29.9. The van der Waals surface area contributed by atoms with Gasteiger partial charge in [0.2, 0.25) is 0 Å². The fraction of sp³-hybridized carbons (Fsp3) is 0.500. The Kier molecular flexibility index (Phi) is 2.43. The summed E-state index contributed by atoms with van der Waals surface area (Å²) in [5.41, 5.74) is 3.00. The summed E-state index contributed by atoms with van der Waals surface area (Å²) < 4.78 is 38.0. The number of alkyl halides is 3. The average molecular weight is 232 g/mol. The van der Waals surface area contributed by atoms with Crippen LogP contribution in [0, 0.1) is 0 Å². The summed E-state index contributed by atoms with van der Waals surface area (Å²) in [6, 6.07) is 0.628. The first-order valence-electron chi connectivity index (χ1n) is 4.82. The maximum Gasteiger partial charge on any atom is 0.416 e. The van der Waals surface area contributed by atoms with E-state index in [-0.39, 0.29) is 24.4 Å². The van der Waals surface area contributed by atoms with Crippen molar-refractivity contribution in [3.05, 3.63) is 29.6 Å². The first-order valence-corrected chi connectivity index (χ1v) is 4.82. The molecule has 0 bridgehead atoms. The zero-order valence-electron chi connectivity index (χ0n) is 8.33. The molecule has 1 aromatic rings. The van der Waals surface area contributed by atoms with Gasteiger partial charge in [-0.1, -0.05) is 0 Å². The van der Waals surface area contributed by atoms with Crippen LogP contribution in [0.15, 0.2) is 18.5 Å². The Balaban J connectivity index is 2.42. The molecule has 0 spiro atoms. The Bertz CT molecular complexity index is 399. The molecule has 6 heteroatoms. The van der Waals surface area contributed by atoms with Crippen molar-refractivity contribution in [1.82, 2.24) is 4.98 Å². The Morgan fingerprint density at radius 2 is 2.06 bits per heavy atom. The molecule has 2 rings (SSSR count). The lowest BCUT2D eigenvalue weighted by molar-refractivity contribution is -0.143. The van der Waals surface area contributed by atoms with Crippen molar-refractivity contribution in [1.29, 1.82) is 0 Å². The number of rotatable bonds is 1. The van der Waals surface area contributed by atoms with E-state index in [4.69, 9.17) is 5.73 Å². The van der Waals surface area contributed by atoms with Gasteiger partial charge in [-0.2, -0.15) is 13.2 Å². The van der Waals surface area contributed by atoms with E-state index in [1.807, 2.05) is 0 Å². The Morgan fingerprint density at radius 1 is 1.44 bits per heavy atom. The van der Waals surface area contributed by atoms with Gasteiger partial charge >= 0.3 is 6.18 Å². The SMILES string of the molecule is NC1CC(O)(c2cnccc2C(F)(F)F)C1. The molecule has 1 aliphatic rings. The summed E-state index contributed by atoms with van der Waals surface area (Å²) in [7, 11) is 0. The van der Waals surface area contributed by atoms with Crippen LogP contribution in [0.2, 0.25) is 0 Å². The molecule has 1 saturated carbocycles. The molecule has 1 aliphatic carbocycles. The van der Waals surface area contributed by atoms with E-state index in [1.165, 1.54) is 0 Å². The number of aromatic nitrogens is 1. The third kappa shape index (κ3) is 1.78. The van der Waals surface area contributed by atoms with Gasteiger partial charge in [-0.15, -0.1) is 0 Å². The number of aliphatic hydroxyl groups is 1. The Morgan fingerprint density at radius 3 is 2.56 bits per heavy atom. The van der Waals surface area contributed by atoms with Crippen LogP contribution in [-0.4, -0.2) is 16.1 Å². The van der Waals surface area contributed by atoms with Gasteiger partial charge in [0.1, 0.15) is 0 Å². The zero-order chi connectivity index (χ0) is 12.0. The maximum absolute atomic E-state index is 12.7. The van der Waals surface area contributed by atoms with E-state index >= 15 is 0 Å². The summed E-state index contributed by atoms with van der Waals surface area (Å²) in [4.78, 5) is 3.63. The highest BCUT2D eigenvalue weighted by atomic mass is 19.4. The molecule has 0 aliphatic heterocycles. The van der Waals surface area contributed by atoms with Crippen LogP contribution >= 0.6 is 0 Å². The van der Waals surface area contributed by atoms with Crippen molar-refractivity contribution >= 4 is 0 Å². The highest BCUT2D eigenvalue weighted by Crippen LogP contribution is 2.45. The topological polar surface area (TPSA) is 59.1 Å². The highest BCUT2D eigenvalue weighted by molar-refractivity contribution is 5.34. The molecule has 0 aromatic carbocycles. The van der Waals surface area contributed by atoms with Crippen LogP contribution in [0.25, 0.3) is 0 Å². The van der Waals surface area contributed by atoms with Crippen LogP contribution < -0.4 is 5.73 Å². The van der Waals surface area contributed by atoms with Crippen LogP contribution in [0.4, 0.5) is 13.2 Å². The monoisotopic (exact) mass is 232 g/mol. The fourth-order valence-corrected chi connectivity index (χ4v) is 2.04. The molecule has 0 amide bonds. The lowest BCUT2D eigenvalue weighted by Crippen LogP contribution is -2.50. The molecule has 0 unspecified atom stereocenters. The number of hydrogen-bond donors (Lipinski definition) is 2. The minimum absolute atomic E-state index is 0.141. The summed E-state index contributed by atoms with van der Waals surface area (Å²) in [6.45, 7) is 0. The van der Waals surface area contributed by atoms with Gasteiger partial charge in [0, 0.05) is 24.0 Å². The molecule has 3 nitrogen and oxygen atoms in total. The van der Waals surface area contributed by atoms with Crippen LogP contribution in [0.5, 0.6) is 0 Å². The van der Waals surface area contributed by atoms with E-state index in [1.54, 1.807) is 0 Å². The number of halogens is 3. The van der Waals surface area contributed by atoms with Crippen LogP contribution in [-0.2, 0) is 11.8 Å². The minimum Gasteiger partial charge on any atom is -0.385 e. The van der Waals surface area contributed by atoms with Gasteiger partial charge in [-0.25, -0.2) is 0 Å². The molecule has 16 heavy (non-hydrogen) atoms. The molecular weight excluding hydrogens is 221 g/mol. The van der Waals surface area contributed by atoms with E-state index in [2.05, 4.69) is 4.98 Å². The summed E-state index contributed by atoms with van der Waals surface area (Å²) in [5, 5.41) is 9.98. The summed E-state index contributed by atoms with van der Waals surface area (Å²) in [6.07, 6.45) is -2.07. The highest BCUT2D eigenvalue weighted by Gasteiger charge is 2.47. The van der Waals surface area contributed by atoms with Crippen molar-refractivity contribution in [2.24, 2.45) is 5.73 Å². The minimum atomic E-state index is -4.48. The van der Waals surface area contributed by atoms with E-state index in [0.29, 0.717) is 0 Å². The molecule has 0 saturated heterocycles.